The Hall–Kier alpha value is -4.23. The van der Waals surface area contributed by atoms with Crippen molar-refractivity contribution in [3.63, 3.8) is 0 Å². The number of nitrogens with zero attached hydrogens (tertiary/aromatic N) is 1. The summed E-state index contributed by atoms with van der Waals surface area (Å²) in [6.07, 6.45) is 3.94. The second kappa shape index (κ2) is 14.4. The van der Waals surface area contributed by atoms with Gasteiger partial charge < -0.3 is 15.3 Å². The SMILES string of the molecule is CCCCCC(=O)N(C)Cc1cc(-c2ccc(CC(Nc3ccccc3C(=O)c3ccccc3)C(=O)O)cc2)cs1. The Kier molecular flexibility index (Phi) is 10.5. The molecule has 1 unspecified atom stereocenters. The average molecular weight is 569 g/mol. The topological polar surface area (TPSA) is 86.7 Å². The minimum Gasteiger partial charge on any atom is -0.480 e. The van der Waals surface area contributed by atoms with Crippen LogP contribution in [-0.2, 0) is 22.6 Å². The largest absolute Gasteiger partial charge is 0.480 e. The highest BCUT2D eigenvalue weighted by molar-refractivity contribution is 7.10. The van der Waals surface area contributed by atoms with Crippen LogP contribution in [0.15, 0.2) is 90.3 Å². The first-order chi connectivity index (χ1) is 19.9. The molecule has 4 aromatic rings. The Morgan fingerprint density at radius 3 is 2.32 bits per heavy atom. The van der Waals surface area contributed by atoms with Crippen LogP contribution in [-0.4, -0.2) is 40.8 Å². The van der Waals surface area contributed by atoms with Gasteiger partial charge in [0.05, 0.1) is 6.54 Å². The molecule has 0 saturated heterocycles. The number of anilines is 1. The number of carboxylic acid groups (broad SMARTS) is 1. The minimum atomic E-state index is -0.994. The van der Waals surface area contributed by atoms with Crippen LogP contribution in [0.1, 0.15) is 59.0 Å². The van der Waals surface area contributed by atoms with Gasteiger partial charge in [-0.15, -0.1) is 11.3 Å². The maximum absolute atomic E-state index is 13.1. The first-order valence-corrected chi connectivity index (χ1v) is 14.8. The standard InChI is InChI=1S/C34H36N2O4S/c1-3-4-6-15-32(37)36(2)22-28-21-27(23-41-28)25-18-16-24(17-19-25)20-31(34(39)40)35-30-14-10-9-13-29(30)33(38)26-11-7-5-8-12-26/h5,7-14,16-19,21,23,31,35H,3-4,6,15,20,22H2,1-2H3,(H,39,40). The minimum absolute atomic E-state index is 0.163. The Morgan fingerprint density at radius 2 is 1.61 bits per heavy atom. The molecule has 2 N–H and O–H groups in total. The third kappa shape index (κ3) is 8.14. The fraction of sp³-hybridized carbons (Fsp3) is 0.265. The maximum atomic E-state index is 13.1. The summed E-state index contributed by atoms with van der Waals surface area (Å²) in [6, 6.07) is 25.0. The summed E-state index contributed by atoms with van der Waals surface area (Å²) in [6.45, 7) is 2.72. The third-order valence-electron chi connectivity index (χ3n) is 7.03. The quantitative estimate of drug-likeness (QED) is 0.123. The molecule has 1 aromatic heterocycles. The molecule has 0 aliphatic rings. The summed E-state index contributed by atoms with van der Waals surface area (Å²) in [5.74, 6) is -0.984. The molecule has 1 heterocycles. The number of carbonyl (C=O) groups is 3. The van der Waals surface area contributed by atoms with Crippen molar-refractivity contribution in [1.29, 1.82) is 0 Å². The Bertz CT molecular complexity index is 1460. The van der Waals surface area contributed by atoms with Crippen molar-refractivity contribution in [2.45, 2.75) is 51.6 Å². The van der Waals surface area contributed by atoms with E-state index in [1.165, 1.54) is 0 Å². The predicted molar refractivity (Wildman–Crippen MR) is 165 cm³/mol. The van der Waals surface area contributed by atoms with Crippen LogP contribution in [0.4, 0.5) is 5.69 Å². The highest BCUT2D eigenvalue weighted by atomic mass is 32.1. The van der Waals surface area contributed by atoms with Crippen LogP contribution in [0.25, 0.3) is 11.1 Å². The number of aliphatic carboxylic acids is 1. The molecule has 1 atom stereocenters. The van der Waals surface area contributed by atoms with Crippen LogP contribution in [0, 0.1) is 0 Å². The average Bonchev–Trinajstić information content (AvgIpc) is 3.46. The lowest BCUT2D eigenvalue weighted by Gasteiger charge is -2.18. The van der Waals surface area contributed by atoms with Gasteiger partial charge in [-0.2, -0.15) is 0 Å². The number of unbranched alkanes of at least 4 members (excludes halogenated alkanes) is 2. The molecule has 0 bridgehead atoms. The molecule has 212 valence electrons. The van der Waals surface area contributed by atoms with Gasteiger partial charge in [-0.05, 0) is 46.7 Å². The first-order valence-electron chi connectivity index (χ1n) is 13.9. The number of carboxylic acids is 1. The second-order valence-electron chi connectivity index (χ2n) is 10.2. The molecule has 0 aliphatic carbocycles. The van der Waals surface area contributed by atoms with Crippen LogP contribution in [0.5, 0.6) is 0 Å². The summed E-state index contributed by atoms with van der Waals surface area (Å²) >= 11 is 1.63. The van der Waals surface area contributed by atoms with E-state index in [9.17, 15) is 19.5 Å². The number of rotatable bonds is 14. The van der Waals surface area contributed by atoms with E-state index in [4.69, 9.17) is 0 Å². The van der Waals surface area contributed by atoms with Crippen LogP contribution in [0.2, 0.25) is 0 Å². The number of hydrogen-bond acceptors (Lipinski definition) is 5. The summed E-state index contributed by atoms with van der Waals surface area (Å²) in [7, 11) is 1.85. The van der Waals surface area contributed by atoms with E-state index in [1.807, 2.05) is 37.4 Å². The molecule has 0 fully saturated rings. The normalized spacial score (nSPS) is 11.6. The van der Waals surface area contributed by atoms with Crippen LogP contribution < -0.4 is 5.32 Å². The van der Waals surface area contributed by atoms with E-state index in [0.717, 1.165) is 40.8 Å². The van der Waals surface area contributed by atoms with Gasteiger partial charge in [-0.3, -0.25) is 9.59 Å². The Labute approximate surface area is 245 Å². The third-order valence-corrected chi connectivity index (χ3v) is 7.95. The summed E-state index contributed by atoms with van der Waals surface area (Å²) in [4.78, 5) is 40.6. The summed E-state index contributed by atoms with van der Waals surface area (Å²) in [5, 5.41) is 15.1. The van der Waals surface area contributed by atoms with E-state index >= 15 is 0 Å². The lowest BCUT2D eigenvalue weighted by molar-refractivity contribution is -0.138. The van der Waals surface area contributed by atoms with Crippen LogP contribution >= 0.6 is 11.3 Å². The smallest absolute Gasteiger partial charge is 0.326 e. The van der Waals surface area contributed by atoms with Gasteiger partial charge in [-0.1, -0.05) is 86.5 Å². The lowest BCUT2D eigenvalue weighted by Crippen LogP contribution is -2.32. The van der Waals surface area contributed by atoms with Gasteiger partial charge >= 0.3 is 5.97 Å². The first kappa shape index (κ1) is 29.7. The van der Waals surface area contributed by atoms with E-state index < -0.39 is 12.0 Å². The number of carbonyl (C=O) groups excluding carboxylic acids is 2. The van der Waals surface area contributed by atoms with E-state index in [0.29, 0.717) is 29.8 Å². The molecule has 0 aliphatic heterocycles. The van der Waals surface area contributed by atoms with Crippen molar-refractivity contribution >= 4 is 34.7 Å². The molecular formula is C34H36N2O4S. The highest BCUT2D eigenvalue weighted by Gasteiger charge is 2.21. The van der Waals surface area contributed by atoms with Gasteiger partial charge in [0.2, 0.25) is 5.91 Å². The number of benzene rings is 3. The van der Waals surface area contributed by atoms with Crippen molar-refractivity contribution in [2.24, 2.45) is 0 Å². The maximum Gasteiger partial charge on any atom is 0.326 e. The molecule has 0 radical (unpaired) electrons. The van der Waals surface area contributed by atoms with Gasteiger partial charge in [-0.25, -0.2) is 4.79 Å². The number of para-hydroxylation sites is 1. The number of ketones is 1. The van der Waals surface area contributed by atoms with Gasteiger partial charge in [0.15, 0.2) is 5.78 Å². The van der Waals surface area contributed by atoms with E-state index in [2.05, 4.69) is 23.7 Å². The Morgan fingerprint density at radius 1 is 0.902 bits per heavy atom. The van der Waals surface area contributed by atoms with Crippen LogP contribution in [0.3, 0.4) is 0 Å². The van der Waals surface area contributed by atoms with Crippen molar-refractivity contribution in [2.75, 3.05) is 12.4 Å². The molecule has 7 heteroatoms. The zero-order valence-corrected chi connectivity index (χ0v) is 24.3. The van der Waals surface area contributed by atoms with E-state index in [-0.39, 0.29) is 18.1 Å². The highest BCUT2D eigenvalue weighted by Crippen LogP contribution is 2.28. The Balaban J connectivity index is 1.41. The van der Waals surface area contributed by atoms with Crippen molar-refractivity contribution in [1.82, 2.24) is 4.90 Å². The molecule has 1 amide bonds. The van der Waals surface area contributed by atoms with Crippen molar-refractivity contribution < 1.29 is 19.5 Å². The molecular weight excluding hydrogens is 532 g/mol. The number of nitrogens with one attached hydrogen (secondary N) is 1. The van der Waals surface area contributed by atoms with E-state index in [1.54, 1.807) is 64.8 Å². The predicted octanol–water partition coefficient (Wildman–Crippen LogP) is 7.29. The zero-order chi connectivity index (χ0) is 29.2. The van der Waals surface area contributed by atoms with Gasteiger partial charge in [0, 0.05) is 41.6 Å². The second-order valence-corrected chi connectivity index (χ2v) is 11.2. The molecule has 41 heavy (non-hydrogen) atoms. The molecule has 3 aromatic carbocycles. The molecule has 6 nitrogen and oxygen atoms in total. The molecule has 0 saturated carbocycles. The molecule has 0 spiro atoms. The monoisotopic (exact) mass is 568 g/mol. The fourth-order valence-corrected chi connectivity index (χ4v) is 5.61. The van der Waals surface area contributed by atoms with Crippen molar-refractivity contribution in [3.05, 3.63) is 112 Å². The summed E-state index contributed by atoms with van der Waals surface area (Å²) in [5.41, 5.74) is 4.45. The molecule has 4 rings (SSSR count). The fourth-order valence-electron chi connectivity index (χ4n) is 4.66. The number of thiophene rings is 1. The number of amides is 1. The van der Waals surface area contributed by atoms with Gasteiger partial charge in [0.25, 0.3) is 0 Å². The van der Waals surface area contributed by atoms with Crippen molar-refractivity contribution in [3.8, 4) is 11.1 Å². The zero-order valence-electron chi connectivity index (χ0n) is 23.5. The summed E-state index contributed by atoms with van der Waals surface area (Å²) < 4.78 is 0. The number of hydrogen-bond donors (Lipinski definition) is 2. The lowest BCUT2D eigenvalue weighted by atomic mass is 9.99. The van der Waals surface area contributed by atoms with Gasteiger partial charge in [0.1, 0.15) is 6.04 Å².